The predicted molar refractivity (Wildman–Crippen MR) is 72.5 cm³/mol. The number of para-hydroxylation sites is 1. The van der Waals surface area contributed by atoms with Crippen LogP contribution in [0.3, 0.4) is 0 Å². The van der Waals surface area contributed by atoms with Gasteiger partial charge in [0.1, 0.15) is 0 Å². The van der Waals surface area contributed by atoms with Gasteiger partial charge >= 0.3 is 0 Å². The Bertz CT molecular complexity index is 491. The second-order valence-corrected chi connectivity index (χ2v) is 6.06. The van der Waals surface area contributed by atoms with Crippen molar-refractivity contribution in [3.63, 3.8) is 0 Å². The molecule has 96 valence electrons. The minimum absolute atomic E-state index is 0.121. The quantitative estimate of drug-likeness (QED) is 0.884. The van der Waals surface area contributed by atoms with Crippen molar-refractivity contribution in [2.45, 2.75) is 38.1 Å². The Morgan fingerprint density at radius 1 is 1.39 bits per heavy atom. The van der Waals surface area contributed by atoms with Gasteiger partial charge in [0.25, 0.3) is 0 Å². The standard InChI is InChI=1S/C15H20N2O/c1-15(2)11-5-3-4-6-13(11)17(14(15)18)9-12(16)10-7-8-10/h3-6,10,12H,7-9,16H2,1-2H3. The van der Waals surface area contributed by atoms with Crippen LogP contribution in [0.15, 0.2) is 24.3 Å². The highest BCUT2D eigenvalue weighted by molar-refractivity contribution is 6.07. The van der Waals surface area contributed by atoms with Crippen LogP contribution in [0.4, 0.5) is 5.69 Å². The van der Waals surface area contributed by atoms with Crippen molar-refractivity contribution in [3.8, 4) is 0 Å². The number of hydrogen-bond donors (Lipinski definition) is 1. The minimum Gasteiger partial charge on any atom is -0.326 e. The average Bonchev–Trinajstić information content (AvgIpc) is 3.16. The number of anilines is 1. The van der Waals surface area contributed by atoms with Gasteiger partial charge in [0.05, 0.1) is 5.41 Å². The molecule has 1 fully saturated rings. The fourth-order valence-corrected chi connectivity index (χ4v) is 2.87. The Hall–Kier alpha value is -1.35. The number of rotatable bonds is 3. The zero-order valence-corrected chi connectivity index (χ0v) is 11.0. The van der Waals surface area contributed by atoms with Gasteiger partial charge in [0, 0.05) is 18.3 Å². The van der Waals surface area contributed by atoms with E-state index in [9.17, 15) is 4.79 Å². The topological polar surface area (TPSA) is 46.3 Å². The molecular formula is C15H20N2O. The molecule has 1 aliphatic heterocycles. The number of hydrogen-bond acceptors (Lipinski definition) is 2. The molecule has 2 aliphatic rings. The number of carbonyl (C=O) groups is 1. The largest absolute Gasteiger partial charge is 0.326 e. The molecule has 1 aromatic carbocycles. The summed E-state index contributed by atoms with van der Waals surface area (Å²) in [6, 6.07) is 8.19. The number of amides is 1. The molecule has 0 aromatic heterocycles. The minimum atomic E-state index is -0.417. The van der Waals surface area contributed by atoms with Crippen LogP contribution < -0.4 is 10.6 Å². The molecule has 1 unspecified atom stereocenters. The zero-order chi connectivity index (χ0) is 12.9. The van der Waals surface area contributed by atoms with Gasteiger partial charge in [-0.2, -0.15) is 0 Å². The highest BCUT2D eigenvalue weighted by Crippen LogP contribution is 2.42. The van der Waals surface area contributed by atoms with E-state index in [1.165, 1.54) is 12.8 Å². The molecule has 1 heterocycles. The van der Waals surface area contributed by atoms with Gasteiger partial charge in [-0.15, -0.1) is 0 Å². The van der Waals surface area contributed by atoms with Gasteiger partial charge in [0.2, 0.25) is 5.91 Å². The molecule has 0 saturated heterocycles. The Balaban J connectivity index is 1.93. The summed E-state index contributed by atoms with van der Waals surface area (Å²) in [7, 11) is 0. The van der Waals surface area contributed by atoms with E-state index in [0.29, 0.717) is 12.5 Å². The Morgan fingerprint density at radius 3 is 2.72 bits per heavy atom. The third-order valence-corrected chi connectivity index (χ3v) is 4.27. The van der Waals surface area contributed by atoms with Crippen LogP contribution in [0.5, 0.6) is 0 Å². The van der Waals surface area contributed by atoms with E-state index < -0.39 is 5.41 Å². The summed E-state index contributed by atoms with van der Waals surface area (Å²) >= 11 is 0. The Morgan fingerprint density at radius 2 is 2.06 bits per heavy atom. The van der Waals surface area contributed by atoms with Gasteiger partial charge in [0.15, 0.2) is 0 Å². The van der Waals surface area contributed by atoms with Crippen LogP contribution in [-0.2, 0) is 10.2 Å². The second-order valence-electron chi connectivity index (χ2n) is 6.06. The van der Waals surface area contributed by atoms with Crippen LogP contribution in [0, 0.1) is 5.92 Å². The number of nitrogens with zero attached hydrogens (tertiary/aromatic N) is 1. The highest BCUT2D eigenvalue weighted by atomic mass is 16.2. The van der Waals surface area contributed by atoms with Gasteiger partial charge in [-0.3, -0.25) is 4.79 Å². The van der Waals surface area contributed by atoms with Gasteiger partial charge in [-0.05, 0) is 44.2 Å². The van der Waals surface area contributed by atoms with Gasteiger partial charge < -0.3 is 10.6 Å². The summed E-state index contributed by atoms with van der Waals surface area (Å²) in [6.07, 6.45) is 2.43. The lowest BCUT2D eigenvalue weighted by molar-refractivity contribution is -0.122. The Kier molecular flexibility index (Phi) is 2.49. The maximum atomic E-state index is 12.5. The van der Waals surface area contributed by atoms with Crippen LogP contribution in [-0.4, -0.2) is 18.5 Å². The second kappa shape index (κ2) is 3.82. The molecule has 1 amide bonds. The maximum Gasteiger partial charge on any atom is 0.237 e. The first-order chi connectivity index (χ1) is 8.51. The highest BCUT2D eigenvalue weighted by Gasteiger charge is 2.44. The summed E-state index contributed by atoms with van der Waals surface area (Å²) in [5.74, 6) is 0.800. The normalized spacial score (nSPS) is 23.1. The van der Waals surface area contributed by atoms with Crippen molar-refractivity contribution in [2.24, 2.45) is 11.7 Å². The SMILES string of the molecule is CC1(C)C(=O)N(CC(N)C2CC2)c2ccccc21. The lowest BCUT2D eigenvalue weighted by Crippen LogP contribution is -2.44. The maximum absolute atomic E-state index is 12.5. The molecule has 3 rings (SSSR count). The van der Waals surface area contributed by atoms with Crippen LogP contribution >= 0.6 is 0 Å². The zero-order valence-electron chi connectivity index (χ0n) is 11.0. The number of benzene rings is 1. The molecule has 3 nitrogen and oxygen atoms in total. The van der Waals surface area contributed by atoms with Crippen molar-refractivity contribution in [1.29, 1.82) is 0 Å². The molecule has 1 aromatic rings. The third-order valence-electron chi connectivity index (χ3n) is 4.27. The molecule has 2 N–H and O–H groups in total. The fourth-order valence-electron chi connectivity index (χ4n) is 2.87. The summed E-state index contributed by atoms with van der Waals surface area (Å²) in [5, 5.41) is 0. The molecule has 18 heavy (non-hydrogen) atoms. The van der Waals surface area contributed by atoms with Crippen LogP contribution in [0.25, 0.3) is 0 Å². The molecule has 0 bridgehead atoms. The van der Waals surface area contributed by atoms with Crippen LogP contribution in [0.1, 0.15) is 32.3 Å². The van der Waals surface area contributed by atoms with E-state index in [4.69, 9.17) is 5.73 Å². The first-order valence-electron chi connectivity index (χ1n) is 6.69. The van der Waals surface area contributed by atoms with E-state index in [1.54, 1.807) is 0 Å². The van der Waals surface area contributed by atoms with E-state index >= 15 is 0 Å². The predicted octanol–water partition coefficient (Wildman–Crippen LogP) is 2.05. The first kappa shape index (κ1) is 11.7. The van der Waals surface area contributed by atoms with E-state index in [2.05, 4.69) is 6.07 Å². The fraction of sp³-hybridized carbons (Fsp3) is 0.533. The molecule has 0 radical (unpaired) electrons. The van der Waals surface area contributed by atoms with Crippen molar-refractivity contribution < 1.29 is 4.79 Å². The van der Waals surface area contributed by atoms with Crippen molar-refractivity contribution in [1.82, 2.24) is 0 Å². The lowest BCUT2D eigenvalue weighted by Gasteiger charge is -2.23. The van der Waals surface area contributed by atoms with Crippen molar-refractivity contribution in [3.05, 3.63) is 29.8 Å². The van der Waals surface area contributed by atoms with Gasteiger partial charge in [-0.25, -0.2) is 0 Å². The monoisotopic (exact) mass is 244 g/mol. The number of fused-ring (bicyclic) bond motifs is 1. The summed E-state index contributed by atoms with van der Waals surface area (Å²) in [4.78, 5) is 14.4. The van der Waals surface area contributed by atoms with Crippen molar-refractivity contribution >= 4 is 11.6 Å². The Labute approximate surface area is 108 Å². The van der Waals surface area contributed by atoms with Crippen molar-refractivity contribution in [2.75, 3.05) is 11.4 Å². The van der Waals surface area contributed by atoms with E-state index in [-0.39, 0.29) is 11.9 Å². The lowest BCUT2D eigenvalue weighted by atomic mass is 9.86. The molecule has 0 spiro atoms. The molecule has 3 heteroatoms. The van der Waals surface area contributed by atoms with Crippen LogP contribution in [0.2, 0.25) is 0 Å². The first-order valence-corrected chi connectivity index (χ1v) is 6.69. The number of nitrogens with two attached hydrogens (primary N) is 1. The van der Waals surface area contributed by atoms with Gasteiger partial charge in [-0.1, -0.05) is 18.2 Å². The molecule has 1 atom stereocenters. The summed E-state index contributed by atoms with van der Waals surface area (Å²) < 4.78 is 0. The molecular weight excluding hydrogens is 224 g/mol. The molecule has 1 aliphatic carbocycles. The van der Waals surface area contributed by atoms with E-state index in [0.717, 1.165) is 11.3 Å². The van der Waals surface area contributed by atoms with E-state index in [1.807, 2.05) is 36.9 Å². The summed E-state index contributed by atoms with van der Waals surface area (Å²) in [5.41, 5.74) is 7.92. The smallest absolute Gasteiger partial charge is 0.237 e. The number of carbonyl (C=O) groups excluding carboxylic acids is 1. The molecule has 1 saturated carbocycles. The summed E-state index contributed by atoms with van der Waals surface area (Å²) in [6.45, 7) is 4.65. The average molecular weight is 244 g/mol. The third kappa shape index (κ3) is 1.65.